The molecule has 9 heteroatoms. The molecule has 2 aromatic carbocycles. The number of carbonyl (C=O) groups excluding carboxylic acids is 1. The number of benzene rings is 2. The maximum absolute atomic E-state index is 12.4. The second kappa shape index (κ2) is 12.2. The van der Waals surface area contributed by atoms with E-state index >= 15 is 0 Å². The van der Waals surface area contributed by atoms with Gasteiger partial charge < -0.3 is 21.1 Å². The quantitative estimate of drug-likeness (QED) is 0.615. The number of aryl methyl sites for hydroxylation is 1. The van der Waals surface area contributed by atoms with Crippen LogP contribution in [0.15, 0.2) is 48.5 Å². The van der Waals surface area contributed by atoms with Crippen molar-refractivity contribution in [3.8, 4) is 0 Å². The number of halogens is 3. The summed E-state index contributed by atoms with van der Waals surface area (Å²) in [6, 6.07) is 16.9. The molecule has 1 fully saturated rings. The highest BCUT2D eigenvalue weighted by Gasteiger charge is 2.38. The lowest BCUT2D eigenvalue weighted by molar-refractivity contribution is -0.192. The number of nitrogens with one attached hydrogen (secondary N) is 1. The van der Waals surface area contributed by atoms with Gasteiger partial charge in [0.05, 0.1) is 0 Å². The first kappa shape index (κ1) is 26.2. The highest BCUT2D eigenvalue weighted by atomic mass is 19.4. The van der Waals surface area contributed by atoms with Crippen LogP contribution in [-0.2, 0) is 24.3 Å². The standard InChI is InChI=1S/C22H29N3O.C2HF3O2/c1-17-2-4-18(5-3-17)14-19-10-12-25(13-11-19)22(26)24-16-21-8-6-20(15-23)7-9-21;3-2(4,5)1(6)7/h2-9,19H,10-16,23H2,1H3,(H,24,26);(H,6,7). The van der Waals surface area contributed by atoms with Crippen molar-refractivity contribution in [2.45, 2.75) is 45.5 Å². The van der Waals surface area contributed by atoms with E-state index in [4.69, 9.17) is 15.6 Å². The van der Waals surface area contributed by atoms with Crippen LogP contribution in [-0.4, -0.2) is 41.3 Å². The van der Waals surface area contributed by atoms with E-state index in [1.165, 1.54) is 11.1 Å². The minimum absolute atomic E-state index is 0.0432. The van der Waals surface area contributed by atoms with E-state index in [9.17, 15) is 18.0 Å². The number of nitrogens with zero attached hydrogens (tertiary/aromatic N) is 1. The fourth-order valence-corrected chi connectivity index (χ4v) is 3.48. The number of alkyl halides is 3. The fourth-order valence-electron chi connectivity index (χ4n) is 3.48. The zero-order valence-corrected chi connectivity index (χ0v) is 18.6. The zero-order chi connectivity index (χ0) is 24.4. The normalized spacial score (nSPS) is 14.3. The molecule has 0 atom stereocenters. The molecular formula is C24H30F3N3O3. The predicted molar refractivity (Wildman–Crippen MR) is 119 cm³/mol. The lowest BCUT2D eigenvalue weighted by Crippen LogP contribution is -2.44. The second-order valence-electron chi connectivity index (χ2n) is 8.10. The van der Waals surface area contributed by atoms with Crippen LogP contribution in [0.1, 0.15) is 35.1 Å². The number of nitrogens with two attached hydrogens (primary N) is 1. The van der Waals surface area contributed by atoms with E-state index in [0.717, 1.165) is 43.5 Å². The Morgan fingerprint density at radius 3 is 1.97 bits per heavy atom. The van der Waals surface area contributed by atoms with Crippen molar-refractivity contribution in [1.82, 2.24) is 10.2 Å². The van der Waals surface area contributed by atoms with Gasteiger partial charge in [-0.1, -0.05) is 54.1 Å². The Kier molecular flexibility index (Phi) is 9.72. The van der Waals surface area contributed by atoms with Gasteiger partial charge >= 0.3 is 18.2 Å². The number of urea groups is 1. The molecule has 33 heavy (non-hydrogen) atoms. The Balaban J connectivity index is 0.000000479. The maximum Gasteiger partial charge on any atom is 0.490 e. The van der Waals surface area contributed by atoms with Crippen LogP contribution in [0.2, 0.25) is 0 Å². The van der Waals surface area contributed by atoms with Gasteiger partial charge in [-0.2, -0.15) is 13.2 Å². The Labute approximate surface area is 191 Å². The molecule has 4 N–H and O–H groups in total. The van der Waals surface area contributed by atoms with Crippen LogP contribution in [0.25, 0.3) is 0 Å². The first-order valence-corrected chi connectivity index (χ1v) is 10.7. The predicted octanol–water partition coefficient (Wildman–Crippen LogP) is 4.25. The van der Waals surface area contributed by atoms with Gasteiger partial charge in [0.2, 0.25) is 0 Å². The summed E-state index contributed by atoms with van der Waals surface area (Å²) in [5.41, 5.74) is 10.5. The van der Waals surface area contributed by atoms with Gasteiger partial charge in [0.1, 0.15) is 0 Å². The summed E-state index contributed by atoms with van der Waals surface area (Å²) in [4.78, 5) is 23.2. The molecule has 0 bridgehead atoms. The van der Waals surface area contributed by atoms with Crippen LogP contribution in [0.4, 0.5) is 18.0 Å². The largest absolute Gasteiger partial charge is 0.490 e. The van der Waals surface area contributed by atoms with Gasteiger partial charge in [-0.3, -0.25) is 0 Å². The van der Waals surface area contributed by atoms with E-state index in [-0.39, 0.29) is 6.03 Å². The first-order chi connectivity index (χ1) is 15.6. The number of likely N-dealkylation sites (tertiary alicyclic amines) is 1. The third-order valence-corrected chi connectivity index (χ3v) is 5.49. The molecule has 0 aromatic heterocycles. The van der Waals surface area contributed by atoms with Crippen molar-refractivity contribution in [3.05, 3.63) is 70.8 Å². The van der Waals surface area contributed by atoms with Crippen LogP contribution in [0.3, 0.4) is 0 Å². The van der Waals surface area contributed by atoms with Crippen LogP contribution >= 0.6 is 0 Å². The molecule has 2 aromatic rings. The van der Waals surface area contributed by atoms with E-state index in [0.29, 0.717) is 19.0 Å². The number of carbonyl (C=O) groups is 2. The molecule has 0 saturated carbocycles. The average molecular weight is 466 g/mol. The molecule has 1 aliphatic rings. The van der Waals surface area contributed by atoms with Crippen LogP contribution in [0.5, 0.6) is 0 Å². The number of rotatable bonds is 5. The van der Waals surface area contributed by atoms with Crippen molar-refractivity contribution >= 4 is 12.0 Å². The molecule has 3 rings (SSSR count). The van der Waals surface area contributed by atoms with Crippen molar-refractivity contribution in [2.24, 2.45) is 11.7 Å². The van der Waals surface area contributed by atoms with E-state index in [1.54, 1.807) is 0 Å². The monoisotopic (exact) mass is 465 g/mol. The first-order valence-electron chi connectivity index (χ1n) is 10.7. The Morgan fingerprint density at radius 1 is 1.00 bits per heavy atom. The lowest BCUT2D eigenvalue weighted by Gasteiger charge is -2.32. The molecule has 1 aliphatic heterocycles. The van der Waals surface area contributed by atoms with E-state index < -0.39 is 12.1 Å². The number of hydrogen-bond acceptors (Lipinski definition) is 3. The maximum atomic E-state index is 12.4. The molecule has 0 aliphatic carbocycles. The highest BCUT2D eigenvalue weighted by Crippen LogP contribution is 2.22. The third-order valence-electron chi connectivity index (χ3n) is 5.49. The zero-order valence-electron chi connectivity index (χ0n) is 18.6. The number of carboxylic acids is 1. The number of carboxylic acid groups (broad SMARTS) is 1. The minimum Gasteiger partial charge on any atom is -0.475 e. The summed E-state index contributed by atoms with van der Waals surface area (Å²) in [5, 5.41) is 10.2. The summed E-state index contributed by atoms with van der Waals surface area (Å²) in [5.74, 6) is -2.09. The third kappa shape index (κ3) is 9.13. The van der Waals surface area contributed by atoms with Crippen molar-refractivity contribution in [3.63, 3.8) is 0 Å². The number of hydrogen-bond donors (Lipinski definition) is 3. The SMILES string of the molecule is Cc1ccc(CC2CCN(C(=O)NCc3ccc(CN)cc3)CC2)cc1.O=C(O)C(F)(F)F. The summed E-state index contributed by atoms with van der Waals surface area (Å²) in [7, 11) is 0. The van der Waals surface area contributed by atoms with Gasteiger partial charge in [0, 0.05) is 26.2 Å². The van der Waals surface area contributed by atoms with Crippen molar-refractivity contribution in [2.75, 3.05) is 13.1 Å². The highest BCUT2D eigenvalue weighted by molar-refractivity contribution is 5.74. The average Bonchev–Trinajstić information content (AvgIpc) is 2.79. The molecule has 0 unspecified atom stereocenters. The van der Waals surface area contributed by atoms with Crippen LogP contribution < -0.4 is 11.1 Å². The van der Waals surface area contributed by atoms with Crippen LogP contribution in [0, 0.1) is 12.8 Å². The summed E-state index contributed by atoms with van der Waals surface area (Å²) in [6.45, 7) is 4.91. The Morgan fingerprint density at radius 2 is 1.48 bits per heavy atom. The topological polar surface area (TPSA) is 95.7 Å². The minimum atomic E-state index is -5.08. The van der Waals surface area contributed by atoms with Gasteiger partial charge in [0.25, 0.3) is 0 Å². The van der Waals surface area contributed by atoms with Gasteiger partial charge in [-0.25, -0.2) is 9.59 Å². The fraction of sp³-hybridized carbons (Fsp3) is 0.417. The molecular weight excluding hydrogens is 435 g/mol. The summed E-state index contributed by atoms with van der Waals surface area (Å²) >= 11 is 0. The molecule has 180 valence electrons. The number of amides is 2. The van der Waals surface area contributed by atoms with Crippen molar-refractivity contribution < 1.29 is 27.9 Å². The summed E-state index contributed by atoms with van der Waals surface area (Å²) in [6.07, 6.45) is -1.82. The number of piperidine rings is 1. The summed E-state index contributed by atoms with van der Waals surface area (Å²) < 4.78 is 31.7. The van der Waals surface area contributed by atoms with Crippen molar-refractivity contribution in [1.29, 1.82) is 0 Å². The Bertz CT molecular complexity index is 892. The molecule has 2 amide bonds. The second-order valence-corrected chi connectivity index (χ2v) is 8.10. The number of aliphatic carboxylic acids is 1. The molecule has 0 radical (unpaired) electrons. The van der Waals surface area contributed by atoms with Gasteiger partial charge in [0.15, 0.2) is 0 Å². The lowest BCUT2D eigenvalue weighted by atomic mass is 9.90. The molecule has 0 spiro atoms. The molecule has 1 saturated heterocycles. The smallest absolute Gasteiger partial charge is 0.475 e. The van der Waals surface area contributed by atoms with E-state index in [1.807, 2.05) is 29.2 Å². The molecule has 1 heterocycles. The molecule has 6 nitrogen and oxygen atoms in total. The Hall–Kier alpha value is -3.07. The van der Waals surface area contributed by atoms with Gasteiger partial charge in [-0.05, 0) is 48.8 Å². The van der Waals surface area contributed by atoms with Gasteiger partial charge in [-0.15, -0.1) is 0 Å². The van der Waals surface area contributed by atoms with E-state index in [2.05, 4.69) is 36.5 Å².